The molecule has 1 fully saturated rings. The third kappa shape index (κ3) is 3.37. The highest BCUT2D eigenvalue weighted by atomic mass is 35.5. The monoisotopic (exact) mass is 301 g/mol. The predicted molar refractivity (Wildman–Crippen MR) is 75.5 cm³/mol. The molecule has 0 radical (unpaired) electrons. The Labute approximate surface area is 123 Å². The highest BCUT2D eigenvalue weighted by molar-refractivity contribution is 6.34. The van der Waals surface area contributed by atoms with E-state index in [4.69, 9.17) is 23.2 Å². The summed E-state index contributed by atoms with van der Waals surface area (Å²) in [6.07, 6.45) is 2.07. The third-order valence-corrected chi connectivity index (χ3v) is 4.18. The maximum atomic E-state index is 12.4. The van der Waals surface area contributed by atoms with Crippen LogP contribution in [0.1, 0.15) is 37.0 Å². The lowest BCUT2D eigenvalue weighted by molar-refractivity contribution is 0.0667. The van der Waals surface area contributed by atoms with Crippen molar-refractivity contribution in [3.63, 3.8) is 0 Å². The van der Waals surface area contributed by atoms with Crippen LogP contribution in [0.4, 0.5) is 0 Å². The van der Waals surface area contributed by atoms with Crippen molar-refractivity contribution >= 4 is 29.1 Å². The molecule has 0 bridgehead atoms. The molecule has 1 aromatic rings. The summed E-state index contributed by atoms with van der Waals surface area (Å²) in [5.74, 6) is 1.25. The second kappa shape index (κ2) is 6.06. The number of piperidine rings is 1. The first kappa shape index (κ1) is 14.5. The molecule has 4 nitrogen and oxygen atoms in total. The maximum absolute atomic E-state index is 12.4. The van der Waals surface area contributed by atoms with Gasteiger partial charge in [0.05, 0.1) is 5.56 Å². The Bertz CT molecular complexity index is 471. The average Bonchev–Trinajstić information content (AvgIpc) is 2.41. The summed E-state index contributed by atoms with van der Waals surface area (Å²) >= 11 is 11.7. The van der Waals surface area contributed by atoms with Crippen LogP contribution in [-0.2, 0) is 0 Å². The van der Waals surface area contributed by atoms with Crippen LogP contribution in [0.2, 0.25) is 10.3 Å². The Morgan fingerprint density at radius 3 is 2.53 bits per heavy atom. The Morgan fingerprint density at radius 2 is 1.95 bits per heavy atom. The van der Waals surface area contributed by atoms with Crippen molar-refractivity contribution in [2.75, 3.05) is 13.1 Å². The summed E-state index contributed by atoms with van der Waals surface area (Å²) in [7, 11) is 0. The number of rotatable bonds is 2. The van der Waals surface area contributed by atoms with Crippen LogP contribution >= 0.6 is 23.2 Å². The second-order valence-corrected chi connectivity index (χ2v) is 5.99. The topological polar surface area (TPSA) is 46.1 Å². The number of nitrogens with zero attached hydrogens (tertiary/aromatic N) is 3. The summed E-state index contributed by atoms with van der Waals surface area (Å²) in [5, 5.41) is 7.59. The normalized spacial score (nSPS) is 17.0. The summed E-state index contributed by atoms with van der Waals surface area (Å²) in [4.78, 5) is 14.2. The van der Waals surface area contributed by atoms with Gasteiger partial charge in [0.1, 0.15) is 0 Å². The molecular weight excluding hydrogens is 285 g/mol. The van der Waals surface area contributed by atoms with Gasteiger partial charge in [0.15, 0.2) is 10.3 Å². The Kier molecular flexibility index (Phi) is 4.63. The van der Waals surface area contributed by atoms with Gasteiger partial charge in [-0.2, -0.15) is 0 Å². The number of carbonyl (C=O) groups excluding carboxylic acids is 1. The Morgan fingerprint density at radius 1 is 1.32 bits per heavy atom. The van der Waals surface area contributed by atoms with E-state index in [1.54, 1.807) is 0 Å². The first-order valence-corrected chi connectivity index (χ1v) is 7.22. The van der Waals surface area contributed by atoms with E-state index in [0.29, 0.717) is 17.4 Å². The fraction of sp³-hybridized carbons (Fsp3) is 0.615. The minimum Gasteiger partial charge on any atom is -0.339 e. The van der Waals surface area contributed by atoms with Gasteiger partial charge in [-0.05, 0) is 30.7 Å². The molecule has 0 aromatic carbocycles. The second-order valence-electron chi connectivity index (χ2n) is 5.25. The van der Waals surface area contributed by atoms with E-state index in [-0.39, 0.29) is 16.2 Å². The molecule has 19 heavy (non-hydrogen) atoms. The molecule has 0 spiro atoms. The lowest BCUT2D eigenvalue weighted by Crippen LogP contribution is -2.39. The van der Waals surface area contributed by atoms with Crippen LogP contribution in [0.5, 0.6) is 0 Å². The van der Waals surface area contributed by atoms with Crippen molar-refractivity contribution in [3.05, 3.63) is 21.9 Å². The zero-order valence-corrected chi connectivity index (χ0v) is 12.6. The van der Waals surface area contributed by atoms with Gasteiger partial charge in [0.2, 0.25) is 0 Å². The van der Waals surface area contributed by atoms with E-state index >= 15 is 0 Å². The molecule has 0 unspecified atom stereocenters. The molecule has 1 saturated heterocycles. The quantitative estimate of drug-likeness (QED) is 0.842. The number of aromatic nitrogens is 2. The molecule has 1 amide bonds. The molecule has 1 aliphatic heterocycles. The van der Waals surface area contributed by atoms with Gasteiger partial charge in [-0.3, -0.25) is 4.79 Å². The van der Waals surface area contributed by atoms with Crippen LogP contribution in [0.3, 0.4) is 0 Å². The number of halogens is 2. The summed E-state index contributed by atoms with van der Waals surface area (Å²) in [6.45, 7) is 5.98. The molecule has 2 rings (SSSR count). The largest absolute Gasteiger partial charge is 0.339 e. The molecule has 1 aliphatic rings. The fourth-order valence-electron chi connectivity index (χ4n) is 2.44. The molecule has 0 saturated carbocycles. The van der Waals surface area contributed by atoms with Gasteiger partial charge in [0, 0.05) is 13.1 Å². The maximum Gasteiger partial charge on any atom is 0.257 e. The predicted octanol–water partition coefficient (Wildman–Crippen LogP) is 3.29. The number of hydrogen-bond acceptors (Lipinski definition) is 3. The zero-order chi connectivity index (χ0) is 14.0. The molecule has 6 heteroatoms. The lowest BCUT2D eigenvalue weighted by Gasteiger charge is -2.33. The molecule has 104 valence electrons. The van der Waals surface area contributed by atoms with Crippen LogP contribution in [0, 0.1) is 11.8 Å². The van der Waals surface area contributed by atoms with Crippen molar-refractivity contribution in [1.29, 1.82) is 0 Å². The molecule has 0 N–H and O–H groups in total. The minimum atomic E-state index is -0.107. The van der Waals surface area contributed by atoms with Crippen molar-refractivity contribution < 1.29 is 4.79 Å². The van der Waals surface area contributed by atoms with Crippen molar-refractivity contribution in [2.45, 2.75) is 26.7 Å². The standard InChI is InChI=1S/C13H17Cl2N3O/c1-8(2)9-3-5-18(6-4-9)13(19)10-7-11(14)16-17-12(10)15/h7-9H,3-6H2,1-2H3. The molecule has 1 aromatic heterocycles. The SMILES string of the molecule is CC(C)C1CCN(C(=O)c2cc(Cl)nnc2Cl)CC1. The van der Waals surface area contributed by atoms with Gasteiger partial charge in [-0.25, -0.2) is 0 Å². The van der Waals surface area contributed by atoms with E-state index in [0.717, 1.165) is 25.9 Å². The number of likely N-dealkylation sites (tertiary alicyclic amines) is 1. The molecular formula is C13H17Cl2N3O. The van der Waals surface area contributed by atoms with Gasteiger partial charge in [0.25, 0.3) is 5.91 Å². The van der Waals surface area contributed by atoms with Gasteiger partial charge in [-0.1, -0.05) is 37.0 Å². The highest BCUT2D eigenvalue weighted by Crippen LogP contribution is 2.26. The molecule has 0 atom stereocenters. The van der Waals surface area contributed by atoms with E-state index in [2.05, 4.69) is 24.0 Å². The number of amides is 1. The van der Waals surface area contributed by atoms with E-state index < -0.39 is 0 Å². The van der Waals surface area contributed by atoms with Crippen LogP contribution in [0.15, 0.2) is 6.07 Å². The summed E-state index contributed by atoms with van der Waals surface area (Å²) in [6, 6.07) is 1.48. The average molecular weight is 302 g/mol. The first-order valence-electron chi connectivity index (χ1n) is 6.47. The van der Waals surface area contributed by atoms with Gasteiger partial charge >= 0.3 is 0 Å². The fourth-order valence-corrected chi connectivity index (χ4v) is 2.76. The number of carbonyl (C=O) groups is 1. The van der Waals surface area contributed by atoms with Crippen molar-refractivity contribution in [1.82, 2.24) is 15.1 Å². The minimum absolute atomic E-state index is 0.107. The van der Waals surface area contributed by atoms with Crippen molar-refractivity contribution in [2.24, 2.45) is 11.8 Å². The summed E-state index contributed by atoms with van der Waals surface area (Å²) < 4.78 is 0. The summed E-state index contributed by atoms with van der Waals surface area (Å²) in [5.41, 5.74) is 0.338. The van der Waals surface area contributed by atoms with E-state index in [1.165, 1.54) is 6.07 Å². The van der Waals surface area contributed by atoms with Gasteiger partial charge in [-0.15, -0.1) is 10.2 Å². The number of hydrogen-bond donors (Lipinski definition) is 0. The van der Waals surface area contributed by atoms with Crippen LogP contribution in [0.25, 0.3) is 0 Å². The lowest BCUT2D eigenvalue weighted by atomic mass is 9.86. The van der Waals surface area contributed by atoms with E-state index in [1.807, 2.05) is 4.90 Å². The molecule has 2 heterocycles. The highest BCUT2D eigenvalue weighted by Gasteiger charge is 2.26. The van der Waals surface area contributed by atoms with Gasteiger partial charge < -0.3 is 4.90 Å². The van der Waals surface area contributed by atoms with Crippen LogP contribution in [-0.4, -0.2) is 34.1 Å². The third-order valence-electron chi connectivity index (χ3n) is 3.72. The Hall–Kier alpha value is -0.870. The molecule has 0 aliphatic carbocycles. The zero-order valence-electron chi connectivity index (χ0n) is 11.1. The first-order chi connectivity index (χ1) is 8.99. The van der Waals surface area contributed by atoms with Crippen molar-refractivity contribution in [3.8, 4) is 0 Å². The smallest absolute Gasteiger partial charge is 0.257 e. The van der Waals surface area contributed by atoms with Crippen LogP contribution < -0.4 is 0 Å². The van der Waals surface area contributed by atoms with E-state index in [9.17, 15) is 4.79 Å². The Balaban J connectivity index is 2.07.